The Morgan fingerprint density at radius 2 is 1.69 bits per heavy atom. The van der Waals surface area contributed by atoms with Crippen LogP contribution in [0, 0.1) is 13.8 Å². The molecule has 26 heavy (non-hydrogen) atoms. The van der Waals surface area contributed by atoms with Gasteiger partial charge in [0.2, 0.25) is 0 Å². The van der Waals surface area contributed by atoms with Gasteiger partial charge in [0.15, 0.2) is 5.78 Å². The zero-order chi connectivity index (χ0) is 18.7. The number of ketones is 2. The van der Waals surface area contributed by atoms with Gasteiger partial charge in [0.05, 0.1) is 12.1 Å². The molecular weight excluding hydrogens is 342 g/mol. The van der Waals surface area contributed by atoms with E-state index in [2.05, 4.69) is 37.0 Å². The maximum atomic E-state index is 12.5. The molecule has 0 saturated heterocycles. The van der Waals surface area contributed by atoms with Gasteiger partial charge in [-0.1, -0.05) is 36.4 Å². The van der Waals surface area contributed by atoms with Crippen LogP contribution in [-0.2, 0) is 17.6 Å². The number of carbonyl (C=O) groups is 2. The average Bonchev–Trinajstić information content (AvgIpc) is 3.06. The predicted molar refractivity (Wildman–Crippen MR) is 106 cm³/mol. The smallest absolute Gasteiger partial charge is 0.169 e. The Morgan fingerprint density at radius 1 is 0.962 bits per heavy atom. The number of carbonyl (C=O) groups excluding carboxylic acids is 2. The van der Waals surface area contributed by atoms with E-state index in [1.807, 2.05) is 17.5 Å². The van der Waals surface area contributed by atoms with Crippen LogP contribution in [0.3, 0.4) is 0 Å². The fourth-order valence-electron chi connectivity index (χ4n) is 2.76. The number of benzene rings is 2. The second-order valence-corrected chi connectivity index (χ2v) is 7.54. The lowest BCUT2D eigenvalue weighted by Crippen LogP contribution is -2.04. The molecule has 132 valence electrons. The van der Waals surface area contributed by atoms with Gasteiger partial charge in [0.1, 0.15) is 10.8 Å². The van der Waals surface area contributed by atoms with Gasteiger partial charge in [-0.2, -0.15) is 0 Å². The number of hydrogen-bond donors (Lipinski definition) is 0. The maximum absolute atomic E-state index is 12.5. The predicted octanol–water partition coefficient (Wildman–Crippen LogP) is 4.98. The van der Waals surface area contributed by atoms with Crippen molar-refractivity contribution in [1.29, 1.82) is 0 Å². The lowest BCUT2D eigenvalue weighted by molar-refractivity contribution is -0.116. The van der Waals surface area contributed by atoms with Gasteiger partial charge < -0.3 is 0 Å². The number of aryl methyl sites for hydroxylation is 2. The van der Waals surface area contributed by atoms with Crippen LogP contribution in [0.5, 0.6) is 0 Å². The molecule has 0 N–H and O–H groups in total. The number of hydrogen-bond acceptors (Lipinski definition) is 4. The molecule has 0 radical (unpaired) electrons. The van der Waals surface area contributed by atoms with Crippen LogP contribution in [0.4, 0.5) is 0 Å². The Bertz CT molecular complexity index is 955. The first kappa shape index (κ1) is 18.2. The Morgan fingerprint density at radius 3 is 2.35 bits per heavy atom. The Labute approximate surface area is 157 Å². The standard InChI is InChI=1S/C22H21NO2S/c1-14-4-7-19(10-15(14)2)20-13-26-22(23-20)12-21(25)18-8-5-17(6-9-18)11-16(3)24/h4-10,13H,11-12H2,1-3H3. The molecule has 1 aromatic heterocycles. The van der Waals surface area contributed by atoms with E-state index in [4.69, 9.17) is 0 Å². The van der Waals surface area contributed by atoms with Gasteiger partial charge in [-0.05, 0) is 43.5 Å². The highest BCUT2D eigenvalue weighted by molar-refractivity contribution is 7.10. The molecule has 0 amide bonds. The molecule has 3 aromatic rings. The summed E-state index contributed by atoms with van der Waals surface area (Å²) in [6, 6.07) is 13.6. The summed E-state index contributed by atoms with van der Waals surface area (Å²) in [6.07, 6.45) is 0.696. The fourth-order valence-corrected chi connectivity index (χ4v) is 3.56. The highest BCUT2D eigenvalue weighted by Crippen LogP contribution is 2.25. The zero-order valence-corrected chi connectivity index (χ0v) is 16.0. The normalized spacial score (nSPS) is 10.7. The summed E-state index contributed by atoms with van der Waals surface area (Å²) in [4.78, 5) is 28.3. The van der Waals surface area contributed by atoms with Crippen LogP contribution in [-0.4, -0.2) is 16.6 Å². The van der Waals surface area contributed by atoms with Crippen molar-refractivity contribution < 1.29 is 9.59 Å². The van der Waals surface area contributed by atoms with Crippen molar-refractivity contribution in [2.24, 2.45) is 0 Å². The third-order valence-corrected chi connectivity index (χ3v) is 5.24. The Hall–Kier alpha value is -2.59. The van der Waals surface area contributed by atoms with E-state index in [-0.39, 0.29) is 11.6 Å². The molecule has 1 heterocycles. The molecule has 0 aliphatic heterocycles. The molecule has 0 saturated carbocycles. The zero-order valence-electron chi connectivity index (χ0n) is 15.2. The summed E-state index contributed by atoms with van der Waals surface area (Å²) in [5, 5.41) is 2.82. The minimum Gasteiger partial charge on any atom is -0.300 e. The van der Waals surface area contributed by atoms with E-state index in [0.717, 1.165) is 21.8 Å². The summed E-state index contributed by atoms with van der Waals surface area (Å²) in [5.74, 6) is 0.158. The van der Waals surface area contributed by atoms with Crippen molar-refractivity contribution in [1.82, 2.24) is 4.98 Å². The molecule has 0 fully saturated rings. The van der Waals surface area contributed by atoms with Gasteiger partial charge in [0, 0.05) is 22.9 Å². The summed E-state index contributed by atoms with van der Waals surface area (Å²) < 4.78 is 0. The SMILES string of the molecule is CC(=O)Cc1ccc(C(=O)Cc2nc(-c3ccc(C)c(C)c3)cs2)cc1. The summed E-state index contributed by atoms with van der Waals surface area (Å²) in [5.41, 5.74) is 6.07. The minimum atomic E-state index is 0.0420. The topological polar surface area (TPSA) is 47.0 Å². The summed E-state index contributed by atoms with van der Waals surface area (Å²) in [6.45, 7) is 5.74. The van der Waals surface area contributed by atoms with Gasteiger partial charge in [-0.3, -0.25) is 9.59 Å². The highest BCUT2D eigenvalue weighted by atomic mass is 32.1. The third-order valence-electron chi connectivity index (χ3n) is 4.40. The quantitative estimate of drug-likeness (QED) is 0.580. The monoisotopic (exact) mass is 363 g/mol. The molecule has 3 nitrogen and oxygen atoms in total. The lowest BCUT2D eigenvalue weighted by Gasteiger charge is -2.03. The average molecular weight is 363 g/mol. The van der Waals surface area contributed by atoms with Crippen molar-refractivity contribution in [3.05, 3.63) is 75.1 Å². The molecule has 4 heteroatoms. The molecular formula is C22H21NO2S. The van der Waals surface area contributed by atoms with Crippen molar-refractivity contribution in [3.8, 4) is 11.3 Å². The van der Waals surface area contributed by atoms with Crippen molar-refractivity contribution in [2.75, 3.05) is 0 Å². The van der Waals surface area contributed by atoms with Crippen LogP contribution in [0.2, 0.25) is 0 Å². The molecule has 2 aromatic carbocycles. The van der Waals surface area contributed by atoms with E-state index in [1.165, 1.54) is 22.5 Å². The van der Waals surface area contributed by atoms with E-state index >= 15 is 0 Å². The lowest BCUT2D eigenvalue weighted by atomic mass is 10.0. The maximum Gasteiger partial charge on any atom is 0.169 e. The second kappa shape index (κ2) is 7.75. The minimum absolute atomic E-state index is 0.0420. The second-order valence-electron chi connectivity index (χ2n) is 6.60. The number of Topliss-reactive ketones (excluding diaryl/α,β-unsaturated/α-hetero) is 2. The molecule has 0 bridgehead atoms. The van der Waals surface area contributed by atoms with Gasteiger partial charge in [0.25, 0.3) is 0 Å². The number of nitrogens with zero attached hydrogens (tertiary/aromatic N) is 1. The molecule has 0 aliphatic carbocycles. The number of aromatic nitrogens is 1. The first-order chi connectivity index (χ1) is 12.4. The van der Waals surface area contributed by atoms with Gasteiger partial charge in [-0.25, -0.2) is 4.98 Å². The molecule has 3 rings (SSSR count). The van der Waals surface area contributed by atoms with Crippen LogP contribution >= 0.6 is 11.3 Å². The van der Waals surface area contributed by atoms with Gasteiger partial charge in [-0.15, -0.1) is 11.3 Å². The van der Waals surface area contributed by atoms with Crippen LogP contribution < -0.4 is 0 Å². The van der Waals surface area contributed by atoms with Crippen molar-refractivity contribution in [3.63, 3.8) is 0 Å². The molecule has 0 spiro atoms. The van der Waals surface area contributed by atoms with E-state index in [0.29, 0.717) is 18.4 Å². The highest BCUT2D eigenvalue weighted by Gasteiger charge is 2.12. The van der Waals surface area contributed by atoms with E-state index in [1.54, 1.807) is 19.1 Å². The Kier molecular flexibility index (Phi) is 5.43. The summed E-state index contributed by atoms with van der Waals surface area (Å²) >= 11 is 1.51. The van der Waals surface area contributed by atoms with E-state index < -0.39 is 0 Å². The first-order valence-corrected chi connectivity index (χ1v) is 9.44. The molecule has 0 unspecified atom stereocenters. The summed E-state index contributed by atoms with van der Waals surface area (Å²) in [7, 11) is 0. The van der Waals surface area contributed by atoms with E-state index in [9.17, 15) is 9.59 Å². The fraction of sp³-hybridized carbons (Fsp3) is 0.227. The van der Waals surface area contributed by atoms with Crippen LogP contribution in [0.15, 0.2) is 47.8 Å². The Balaban J connectivity index is 1.71. The molecule has 0 aliphatic rings. The third kappa shape index (κ3) is 4.33. The van der Waals surface area contributed by atoms with Gasteiger partial charge >= 0.3 is 0 Å². The largest absolute Gasteiger partial charge is 0.300 e. The number of rotatable bonds is 6. The number of thiazole rings is 1. The molecule has 0 atom stereocenters. The first-order valence-electron chi connectivity index (χ1n) is 8.56. The van der Waals surface area contributed by atoms with Crippen molar-refractivity contribution in [2.45, 2.75) is 33.6 Å². The van der Waals surface area contributed by atoms with Crippen molar-refractivity contribution >= 4 is 22.9 Å². The van der Waals surface area contributed by atoms with Crippen LogP contribution in [0.1, 0.15) is 39.0 Å². The van der Waals surface area contributed by atoms with Crippen LogP contribution in [0.25, 0.3) is 11.3 Å².